The van der Waals surface area contributed by atoms with Crippen LogP contribution in [0.1, 0.15) is 32.4 Å². The molecule has 0 radical (unpaired) electrons. The van der Waals surface area contributed by atoms with Crippen LogP contribution in [-0.4, -0.2) is 18.1 Å². The Morgan fingerprint density at radius 2 is 2.12 bits per heavy atom. The molecule has 17 heavy (non-hydrogen) atoms. The summed E-state index contributed by atoms with van der Waals surface area (Å²) in [5, 5.41) is 3.09. The van der Waals surface area contributed by atoms with Gasteiger partial charge in [-0.1, -0.05) is 18.2 Å². The highest BCUT2D eigenvalue weighted by Gasteiger charge is 2.30. The molecule has 1 aromatic rings. The molecule has 0 amide bonds. The van der Waals surface area contributed by atoms with Crippen molar-refractivity contribution in [3.63, 3.8) is 0 Å². The summed E-state index contributed by atoms with van der Waals surface area (Å²) in [4.78, 5) is 4.50. The van der Waals surface area contributed by atoms with E-state index < -0.39 is 0 Å². The Bertz CT molecular complexity index is 428. The maximum absolute atomic E-state index is 5.86. The van der Waals surface area contributed by atoms with E-state index >= 15 is 0 Å². The highest BCUT2D eigenvalue weighted by Crippen LogP contribution is 2.38. The van der Waals surface area contributed by atoms with E-state index in [0.29, 0.717) is 5.96 Å². The molecule has 2 rings (SSSR count). The van der Waals surface area contributed by atoms with Gasteiger partial charge in [-0.2, -0.15) is 0 Å². The third-order valence-corrected chi connectivity index (χ3v) is 2.71. The minimum absolute atomic E-state index is 0.0163. The number of hydrogen-bond donors (Lipinski definition) is 2. The lowest BCUT2D eigenvalue weighted by molar-refractivity contribution is 0.229. The van der Waals surface area contributed by atoms with Crippen LogP contribution in [0.2, 0.25) is 0 Å². The smallest absolute Gasteiger partial charge is 0.189 e. The van der Waals surface area contributed by atoms with E-state index in [4.69, 9.17) is 10.5 Å². The van der Waals surface area contributed by atoms with E-state index in [1.54, 1.807) is 0 Å². The van der Waals surface area contributed by atoms with E-state index in [2.05, 4.69) is 10.3 Å². The highest BCUT2D eigenvalue weighted by molar-refractivity contribution is 5.78. The van der Waals surface area contributed by atoms with E-state index in [1.807, 2.05) is 45.0 Å². The topological polar surface area (TPSA) is 59.6 Å². The van der Waals surface area contributed by atoms with Crippen LogP contribution < -0.4 is 15.8 Å². The summed E-state index contributed by atoms with van der Waals surface area (Å²) in [5.74, 6) is 1.38. The second-order valence-corrected chi connectivity index (χ2v) is 4.62. The van der Waals surface area contributed by atoms with Crippen molar-refractivity contribution in [1.29, 1.82) is 0 Å². The molecule has 2 atom stereocenters. The molecule has 0 bridgehead atoms. The number of nitrogens with zero attached hydrogens (tertiary/aromatic N) is 1. The molecule has 4 heteroatoms. The average molecular weight is 233 g/mol. The van der Waals surface area contributed by atoms with Gasteiger partial charge < -0.3 is 15.8 Å². The van der Waals surface area contributed by atoms with Gasteiger partial charge in [0.25, 0.3) is 0 Å². The van der Waals surface area contributed by atoms with Gasteiger partial charge in [0.1, 0.15) is 17.9 Å². The molecule has 1 aromatic carbocycles. The first kappa shape index (κ1) is 11.8. The van der Waals surface area contributed by atoms with Crippen molar-refractivity contribution in [2.24, 2.45) is 10.7 Å². The first-order valence-electron chi connectivity index (χ1n) is 5.93. The van der Waals surface area contributed by atoms with Crippen molar-refractivity contribution in [1.82, 2.24) is 5.32 Å². The maximum Gasteiger partial charge on any atom is 0.189 e. The fraction of sp³-hybridized carbons (Fsp3) is 0.462. The van der Waals surface area contributed by atoms with Crippen molar-refractivity contribution in [3.8, 4) is 5.75 Å². The average Bonchev–Trinajstić information content (AvgIpc) is 2.55. The van der Waals surface area contributed by atoms with Crippen molar-refractivity contribution in [2.75, 3.05) is 0 Å². The first-order chi connectivity index (χ1) is 8.08. The Labute approximate surface area is 102 Å². The Hall–Kier alpha value is -1.71. The SMILES string of the molecule is CC(C)NC(N)=NC1c2ccccc2OC1C. The van der Waals surface area contributed by atoms with Crippen molar-refractivity contribution >= 4 is 5.96 Å². The number of ether oxygens (including phenoxy) is 1. The van der Waals surface area contributed by atoms with Gasteiger partial charge in [0.15, 0.2) is 5.96 Å². The molecule has 92 valence electrons. The van der Waals surface area contributed by atoms with Crippen LogP contribution in [0.3, 0.4) is 0 Å². The van der Waals surface area contributed by atoms with Gasteiger partial charge >= 0.3 is 0 Å². The van der Waals surface area contributed by atoms with Crippen molar-refractivity contribution < 1.29 is 4.74 Å². The van der Waals surface area contributed by atoms with Crippen LogP contribution in [0.4, 0.5) is 0 Å². The molecular formula is C13H19N3O. The van der Waals surface area contributed by atoms with Crippen LogP contribution in [0.5, 0.6) is 5.75 Å². The lowest BCUT2D eigenvalue weighted by Gasteiger charge is -2.14. The quantitative estimate of drug-likeness (QED) is 0.605. The predicted molar refractivity (Wildman–Crippen MR) is 69.2 cm³/mol. The molecule has 0 spiro atoms. The Kier molecular flexibility index (Phi) is 3.22. The molecule has 4 nitrogen and oxygen atoms in total. The monoisotopic (exact) mass is 233 g/mol. The molecular weight excluding hydrogens is 214 g/mol. The number of rotatable bonds is 2. The number of fused-ring (bicyclic) bond motifs is 1. The molecule has 1 aliphatic rings. The lowest BCUT2D eigenvalue weighted by Crippen LogP contribution is -2.37. The van der Waals surface area contributed by atoms with Crippen LogP contribution in [-0.2, 0) is 0 Å². The molecule has 1 heterocycles. The Balaban J connectivity index is 2.22. The van der Waals surface area contributed by atoms with E-state index in [1.165, 1.54) is 0 Å². The second-order valence-electron chi connectivity index (χ2n) is 4.62. The first-order valence-corrected chi connectivity index (χ1v) is 5.93. The fourth-order valence-electron chi connectivity index (χ4n) is 2.01. The maximum atomic E-state index is 5.86. The van der Waals surface area contributed by atoms with Crippen LogP contribution in [0.15, 0.2) is 29.3 Å². The molecule has 2 unspecified atom stereocenters. The van der Waals surface area contributed by atoms with Crippen LogP contribution in [0, 0.1) is 0 Å². The number of nitrogens with two attached hydrogens (primary N) is 1. The van der Waals surface area contributed by atoms with Gasteiger partial charge in [-0.25, -0.2) is 4.99 Å². The largest absolute Gasteiger partial charge is 0.488 e. The third-order valence-electron chi connectivity index (χ3n) is 2.71. The van der Waals surface area contributed by atoms with Gasteiger partial charge in [-0.15, -0.1) is 0 Å². The minimum Gasteiger partial charge on any atom is -0.488 e. The van der Waals surface area contributed by atoms with Gasteiger partial charge in [-0.3, -0.25) is 0 Å². The van der Waals surface area contributed by atoms with Crippen molar-refractivity contribution in [2.45, 2.75) is 39.0 Å². The zero-order chi connectivity index (χ0) is 12.4. The molecule has 0 aliphatic carbocycles. The zero-order valence-electron chi connectivity index (χ0n) is 10.5. The summed E-state index contributed by atoms with van der Waals surface area (Å²) in [6.45, 7) is 6.08. The Morgan fingerprint density at radius 1 is 1.41 bits per heavy atom. The second kappa shape index (κ2) is 4.65. The molecule has 0 aromatic heterocycles. The molecule has 1 aliphatic heterocycles. The summed E-state index contributed by atoms with van der Waals surface area (Å²) >= 11 is 0. The summed E-state index contributed by atoms with van der Waals surface area (Å²) in [6, 6.07) is 8.23. The minimum atomic E-state index is -0.0163. The normalized spacial score (nSPS) is 23.4. The number of benzene rings is 1. The third kappa shape index (κ3) is 2.52. The number of hydrogen-bond acceptors (Lipinski definition) is 2. The predicted octanol–water partition coefficient (Wildman–Crippen LogP) is 1.82. The lowest BCUT2D eigenvalue weighted by atomic mass is 10.1. The summed E-state index contributed by atoms with van der Waals surface area (Å²) in [7, 11) is 0. The zero-order valence-corrected chi connectivity index (χ0v) is 10.5. The molecule has 0 fully saturated rings. The van der Waals surface area contributed by atoms with Gasteiger partial charge in [0.05, 0.1) is 0 Å². The summed E-state index contributed by atoms with van der Waals surface area (Å²) < 4.78 is 5.73. The summed E-state index contributed by atoms with van der Waals surface area (Å²) in [5.41, 5.74) is 6.96. The Morgan fingerprint density at radius 3 is 2.82 bits per heavy atom. The number of nitrogens with one attached hydrogen (secondary N) is 1. The van der Waals surface area contributed by atoms with E-state index in [-0.39, 0.29) is 18.2 Å². The van der Waals surface area contributed by atoms with E-state index in [9.17, 15) is 0 Å². The van der Waals surface area contributed by atoms with Crippen molar-refractivity contribution in [3.05, 3.63) is 29.8 Å². The van der Waals surface area contributed by atoms with Crippen LogP contribution >= 0.6 is 0 Å². The number of para-hydroxylation sites is 1. The summed E-state index contributed by atoms with van der Waals surface area (Å²) in [6.07, 6.45) is 0.0277. The highest BCUT2D eigenvalue weighted by atomic mass is 16.5. The molecule has 0 saturated carbocycles. The number of aliphatic imine (C=N–C) groups is 1. The standard InChI is InChI=1S/C13H19N3O/c1-8(2)15-13(14)16-12-9(3)17-11-7-5-4-6-10(11)12/h4-9,12H,1-3H3,(H3,14,15,16). The van der Waals surface area contributed by atoms with E-state index in [0.717, 1.165) is 11.3 Å². The van der Waals surface area contributed by atoms with Crippen LogP contribution in [0.25, 0.3) is 0 Å². The molecule has 3 N–H and O–H groups in total. The van der Waals surface area contributed by atoms with Gasteiger partial charge in [0, 0.05) is 11.6 Å². The fourth-order valence-corrected chi connectivity index (χ4v) is 2.01. The molecule has 0 saturated heterocycles. The van der Waals surface area contributed by atoms with Gasteiger partial charge in [-0.05, 0) is 26.8 Å². The number of guanidine groups is 1. The van der Waals surface area contributed by atoms with Gasteiger partial charge in [0.2, 0.25) is 0 Å².